The number of ether oxygens (including phenoxy) is 1. The molecular formula is C33H40N4O4. The minimum Gasteiger partial charge on any atom is -0.472 e. The number of nitrogens with one attached hydrogen (secondary N) is 1. The number of carbonyl (C=O) groups is 2. The Hall–Kier alpha value is -3.88. The highest BCUT2D eigenvalue weighted by Crippen LogP contribution is 2.36. The van der Waals surface area contributed by atoms with Crippen molar-refractivity contribution in [3.63, 3.8) is 0 Å². The van der Waals surface area contributed by atoms with E-state index in [9.17, 15) is 9.59 Å². The Morgan fingerprint density at radius 1 is 1.15 bits per heavy atom. The van der Waals surface area contributed by atoms with Crippen molar-refractivity contribution in [1.29, 1.82) is 0 Å². The molecule has 2 aromatic carbocycles. The first kappa shape index (κ1) is 28.6. The Morgan fingerprint density at radius 2 is 1.95 bits per heavy atom. The quantitative estimate of drug-likeness (QED) is 0.238. The molecule has 8 nitrogen and oxygen atoms in total. The van der Waals surface area contributed by atoms with E-state index >= 15 is 0 Å². The summed E-state index contributed by atoms with van der Waals surface area (Å²) >= 11 is 0. The average Bonchev–Trinajstić information content (AvgIpc) is 3.62. The van der Waals surface area contributed by atoms with Crippen molar-refractivity contribution in [2.24, 2.45) is 5.73 Å². The third-order valence-electron chi connectivity index (χ3n) is 8.09. The van der Waals surface area contributed by atoms with Crippen LogP contribution < -0.4 is 11.1 Å². The molecule has 216 valence electrons. The first-order valence-corrected chi connectivity index (χ1v) is 14.5. The second-order valence-corrected chi connectivity index (χ2v) is 11.0. The second-order valence-electron chi connectivity index (χ2n) is 11.0. The van der Waals surface area contributed by atoms with E-state index < -0.39 is 0 Å². The lowest BCUT2D eigenvalue weighted by atomic mass is 9.91. The normalized spacial score (nSPS) is 16.2. The first-order valence-electron chi connectivity index (χ1n) is 14.5. The summed E-state index contributed by atoms with van der Waals surface area (Å²) in [7, 11) is 1.74. The molecular weight excluding hydrogens is 516 g/mol. The van der Waals surface area contributed by atoms with Gasteiger partial charge in [-0.2, -0.15) is 0 Å². The molecule has 1 saturated heterocycles. The fraction of sp³-hybridized carbons (Fsp3) is 0.394. The zero-order valence-corrected chi connectivity index (χ0v) is 24.0. The van der Waals surface area contributed by atoms with Crippen molar-refractivity contribution in [3.05, 3.63) is 89.5 Å². The molecule has 4 aromatic rings. The molecule has 2 atom stereocenters. The summed E-state index contributed by atoms with van der Waals surface area (Å²) in [6, 6.07) is 17.5. The SMILES string of the molecule is COCCCn1c(C2CCCN(C(=O)C[C@H](N)Cc3ccc(NC(=O)c4ccoc4)cc3)C2)c(C)c2ccccc21. The summed E-state index contributed by atoms with van der Waals surface area (Å²) in [4.78, 5) is 27.6. The lowest BCUT2D eigenvalue weighted by molar-refractivity contribution is -0.132. The number of likely N-dealkylation sites (tertiary alicyclic amines) is 1. The first-order chi connectivity index (χ1) is 19.9. The van der Waals surface area contributed by atoms with Gasteiger partial charge in [0, 0.05) is 74.0 Å². The molecule has 0 aliphatic carbocycles. The van der Waals surface area contributed by atoms with Gasteiger partial charge in [-0.05, 0) is 68.0 Å². The van der Waals surface area contributed by atoms with Gasteiger partial charge in [0.05, 0.1) is 11.8 Å². The Bertz CT molecular complexity index is 1460. The number of rotatable bonds is 11. The zero-order chi connectivity index (χ0) is 28.8. The number of para-hydroxylation sites is 1. The van der Waals surface area contributed by atoms with Gasteiger partial charge < -0.3 is 29.7 Å². The Balaban J connectivity index is 1.20. The molecule has 1 aliphatic rings. The van der Waals surface area contributed by atoms with Crippen LogP contribution in [0.2, 0.25) is 0 Å². The molecule has 2 aromatic heterocycles. The summed E-state index contributed by atoms with van der Waals surface area (Å²) in [5.41, 5.74) is 12.6. The second kappa shape index (κ2) is 13.2. The number of furan rings is 1. The number of fused-ring (bicyclic) bond motifs is 1. The molecule has 2 amide bonds. The maximum Gasteiger partial charge on any atom is 0.258 e. The van der Waals surface area contributed by atoms with Crippen LogP contribution in [0.3, 0.4) is 0 Å². The summed E-state index contributed by atoms with van der Waals surface area (Å²) < 4.78 is 12.8. The highest BCUT2D eigenvalue weighted by molar-refractivity contribution is 6.03. The van der Waals surface area contributed by atoms with Crippen LogP contribution >= 0.6 is 0 Å². The Morgan fingerprint density at radius 3 is 2.71 bits per heavy atom. The topological polar surface area (TPSA) is 103 Å². The van der Waals surface area contributed by atoms with Gasteiger partial charge in [0.2, 0.25) is 5.91 Å². The van der Waals surface area contributed by atoms with Crippen LogP contribution in [-0.2, 0) is 22.5 Å². The number of carbonyl (C=O) groups excluding carboxylic acids is 2. The van der Waals surface area contributed by atoms with E-state index in [1.54, 1.807) is 13.2 Å². The summed E-state index contributed by atoms with van der Waals surface area (Å²) in [6.07, 6.45) is 6.78. The van der Waals surface area contributed by atoms with Crippen molar-refractivity contribution < 1.29 is 18.7 Å². The molecule has 0 spiro atoms. The average molecular weight is 557 g/mol. The molecule has 8 heteroatoms. The van der Waals surface area contributed by atoms with E-state index in [2.05, 4.69) is 41.1 Å². The lowest BCUT2D eigenvalue weighted by Gasteiger charge is -2.34. The van der Waals surface area contributed by atoms with E-state index in [-0.39, 0.29) is 17.9 Å². The number of aromatic nitrogens is 1. The molecule has 0 radical (unpaired) electrons. The lowest BCUT2D eigenvalue weighted by Crippen LogP contribution is -2.42. The zero-order valence-electron chi connectivity index (χ0n) is 24.0. The van der Waals surface area contributed by atoms with E-state index in [1.807, 2.05) is 29.2 Å². The van der Waals surface area contributed by atoms with Gasteiger partial charge in [-0.15, -0.1) is 0 Å². The van der Waals surface area contributed by atoms with Crippen LogP contribution in [0.25, 0.3) is 10.9 Å². The van der Waals surface area contributed by atoms with Crippen LogP contribution in [-0.4, -0.2) is 54.1 Å². The fourth-order valence-electron chi connectivity index (χ4n) is 6.11. The standard InChI is InChI=1S/C33H40N4O4/c1-23-29-8-3-4-9-30(29)37(16-6-17-40-2)32(23)25-7-5-15-36(21-25)31(38)20-27(34)19-24-10-12-28(13-11-24)35-33(39)26-14-18-41-22-26/h3-4,8-14,18,22,25,27H,5-7,15-17,19-21,34H2,1-2H3,(H,35,39)/t25?,27-/m1/s1. The highest BCUT2D eigenvalue weighted by atomic mass is 16.5. The summed E-state index contributed by atoms with van der Waals surface area (Å²) in [5, 5.41) is 4.14. The van der Waals surface area contributed by atoms with Gasteiger partial charge in [0.1, 0.15) is 6.26 Å². The van der Waals surface area contributed by atoms with E-state index in [4.69, 9.17) is 14.9 Å². The minimum atomic E-state index is -0.281. The molecule has 3 N–H and O–H groups in total. The predicted molar refractivity (Wildman–Crippen MR) is 161 cm³/mol. The molecule has 3 heterocycles. The number of hydrogen-bond donors (Lipinski definition) is 2. The van der Waals surface area contributed by atoms with Crippen molar-refractivity contribution in [2.45, 2.75) is 57.5 Å². The number of anilines is 1. The number of piperidine rings is 1. The van der Waals surface area contributed by atoms with E-state index in [0.29, 0.717) is 30.0 Å². The molecule has 0 saturated carbocycles. The number of aryl methyl sites for hydroxylation is 2. The van der Waals surface area contributed by atoms with E-state index in [0.717, 1.165) is 51.1 Å². The van der Waals surface area contributed by atoms with Crippen molar-refractivity contribution in [1.82, 2.24) is 9.47 Å². The third-order valence-corrected chi connectivity index (χ3v) is 8.09. The van der Waals surface area contributed by atoms with Crippen LogP contribution in [0.15, 0.2) is 71.5 Å². The van der Waals surface area contributed by atoms with Gasteiger partial charge >= 0.3 is 0 Å². The number of nitrogens with two attached hydrogens (primary N) is 1. The van der Waals surface area contributed by atoms with Gasteiger partial charge in [-0.3, -0.25) is 9.59 Å². The van der Waals surface area contributed by atoms with Gasteiger partial charge in [-0.25, -0.2) is 0 Å². The number of amides is 2. The fourth-order valence-corrected chi connectivity index (χ4v) is 6.11. The molecule has 1 unspecified atom stereocenters. The van der Waals surface area contributed by atoms with Crippen LogP contribution in [0.1, 0.15) is 58.8 Å². The Labute approximate surface area is 241 Å². The Kier molecular flexibility index (Phi) is 9.21. The largest absolute Gasteiger partial charge is 0.472 e. The maximum atomic E-state index is 13.4. The highest BCUT2D eigenvalue weighted by Gasteiger charge is 2.29. The predicted octanol–water partition coefficient (Wildman–Crippen LogP) is 5.50. The third kappa shape index (κ3) is 6.72. The molecule has 5 rings (SSSR count). The van der Waals surface area contributed by atoms with Crippen molar-refractivity contribution in [3.8, 4) is 0 Å². The van der Waals surface area contributed by atoms with Crippen LogP contribution in [0, 0.1) is 6.92 Å². The number of nitrogens with zero attached hydrogens (tertiary/aromatic N) is 2. The van der Waals surface area contributed by atoms with Crippen LogP contribution in [0.4, 0.5) is 5.69 Å². The van der Waals surface area contributed by atoms with Gasteiger partial charge in [-0.1, -0.05) is 30.3 Å². The van der Waals surface area contributed by atoms with Crippen molar-refractivity contribution >= 4 is 28.4 Å². The van der Waals surface area contributed by atoms with Gasteiger partial charge in [0.25, 0.3) is 5.91 Å². The maximum absolute atomic E-state index is 13.4. The smallest absolute Gasteiger partial charge is 0.258 e. The number of benzene rings is 2. The van der Waals surface area contributed by atoms with Crippen LogP contribution in [0.5, 0.6) is 0 Å². The summed E-state index contributed by atoms with van der Waals surface area (Å²) in [6.45, 7) is 5.34. The molecule has 1 fully saturated rings. The van der Waals surface area contributed by atoms with E-state index in [1.165, 1.54) is 34.7 Å². The summed E-state index contributed by atoms with van der Waals surface area (Å²) in [5.74, 6) is 0.189. The molecule has 1 aliphatic heterocycles. The molecule has 0 bridgehead atoms. The van der Waals surface area contributed by atoms with Crippen molar-refractivity contribution in [2.75, 3.05) is 32.1 Å². The number of methoxy groups -OCH3 is 1. The molecule has 41 heavy (non-hydrogen) atoms. The van der Waals surface area contributed by atoms with Gasteiger partial charge in [0.15, 0.2) is 0 Å². The number of hydrogen-bond acceptors (Lipinski definition) is 5. The monoisotopic (exact) mass is 556 g/mol. The minimum absolute atomic E-state index is 0.117.